The first kappa shape index (κ1) is 11.0. The van der Waals surface area contributed by atoms with Gasteiger partial charge < -0.3 is 15.8 Å². The Balaban J connectivity index is 1.74. The SMILES string of the molecule is CCCCOCCNC1CC(N)C1. The van der Waals surface area contributed by atoms with Gasteiger partial charge in [0.1, 0.15) is 0 Å². The summed E-state index contributed by atoms with van der Waals surface area (Å²) in [5.41, 5.74) is 5.67. The number of ether oxygens (including phenoxy) is 1. The van der Waals surface area contributed by atoms with Gasteiger partial charge in [-0.1, -0.05) is 13.3 Å². The zero-order chi connectivity index (χ0) is 9.52. The molecule has 0 aromatic rings. The van der Waals surface area contributed by atoms with Crippen molar-refractivity contribution in [3.05, 3.63) is 0 Å². The van der Waals surface area contributed by atoms with Gasteiger partial charge >= 0.3 is 0 Å². The average Bonchev–Trinajstić information content (AvgIpc) is 2.07. The van der Waals surface area contributed by atoms with Crippen molar-refractivity contribution >= 4 is 0 Å². The number of nitrogens with one attached hydrogen (secondary N) is 1. The molecule has 0 spiro atoms. The molecule has 13 heavy (non-hydrogen) atoms. The summed E-state index contributed by atoms with van der Waals surface area (Å²) < 4.78 is 5.43. The zero-order valence-corrected chi connectivity index (χ0v) is 8.59. The van der Waals surface area contributed by atoms with E-state index in [-0.39, 0.29) is 0 Å². The maximum absolute atomic E-state index is 5.67. The van der Waals surface area contributed by atoms with E-state index in [0.29, 0.717) is 12.1 Å². The molecule has 0 aromatic heterocycles. The lowest BCUT2D eigenvalue weighted by atomic mass is 9.88. The molecule has 0 saturated heterocycles. The molecular formula is C10H22N2O. The largest absolute Gasteiger partial charge is 0.380 e. The third-order valence-corrected chi connectivity index (χ3v) is 2.50. The van der Waals surface area contributed by atoms with Crippen molar-refractivity contribution in [2.45, 2.75) is 44.7 Å². The molecule has 0 aromatic carbocycles. The monoisotopic (exact) mass is 186 g/mol. The van der Waals surface area contributed by atoms with E-state index < -0.39 is 0 Å². The van der Waals surface area contributed by atoms with E-state index in [0.717, 1.165) is 32.6 Å². The summed E-state index contributed by atoms with van der Waals surface area (Å²) in [6, 6.07) is 1.10. The zero-order valence-electron chi connectivity index (χ0n) is 8.59. The van der Waals surface area contributed by atoms with Crippen LogP contribution in [0.2, 0.25) is 0 Å². The minimum absolute atomic E-state index is 0.443. The Morgan fingerprint density at radius 1 is 1.38 bits per heavy atom. The highest BCUT2D eigenvalue weighted by Crippen LogP contribution is 2.16. The third-order valence-electron chi connectivity index (χ3n) is 2.50. The van der Waals surface area contributed by atoms with Crippen molar-refractivity contribution in [1.29, 1.82) is 0 Å². The lowest BCUT2D eigenvalue weighted by Gasteiger charge is -2.33. The molecule has 3 heteroatoms. The average molecular weight is 186 g/mol. The number of hydrogen-bond acceptors (Lipinski definition) is 3. The van der Waals surface area contributed by atoms with Crippen molar-refractivity contribution in [3.63, 3.8) is 0 Å². The maximum atomic E-state index is 5.67. The molecule has 1 rings (SSSR count). The van der Waals surface area contributed by atoms with Crippen molar-refractivity contribution in [3.8, 4) is 0 Å². The van der Waals surface area contributed by atoms with E-state index in [1.54, 1.807) is 0 Å². The molecule has 0 amide bonds. The quantitative estimate of drug-likeness (QED) is 0.580. The lowest BCUT2D eigenvalue weighted by Crippen LogP contribution is -2.49. The predicted octanol–water partition coefficient (Wildman–Crippen LogP) is 0.882. The molecule has 0 aliphatic heterocycles. The molecule has 0 radical (unpaired) electrons. The summed E-state index contributed by atoms with van der Waals surface area (Å²) in [5, 5.41) is 3.42. The fourth-order valence-corrected chi connectivity index (χ4v) is 1.51. The van der Waals surface area contributed by atoms with Gasteiger partial charge in [-0.3, -0.25) is 0 Å². The summed E-state index contributed by atoms with van der Waals surface area (Å²) in [7, 11) is 0. The highest BCUT2D eigenvalue weighted by atomic mass is 16.5. The second-order valence-corrected chi connectivity index (χ2v) is 3.85. The Kier molecular flexibility index (Phi) is 5.35. The van der Waals surface area contributed by atoms with Crippen molar-refractivity contribution in [2.24, 2.45) is 5.73 Å². The maximum Gasteiger partial charge on any atom is 0.0591 e. The fourth-order valence-electron chi connectivity index (χ4n) is 1.51. The minimum atomic E-state index is 0.443. The van der Waals surface area contributed by atoms with Crippen molar-refractivity contribution < 1.29 is 4.74 Å². The van der Waals surface area contributed by atoms with E-state index in [2.05, 4.69) is 12.2 Å². The van der Waals surface area contributed by atoms with Crippen LogP contribution in [0.5, 0.6) is 0 Å². The molecular weight excluding hydrogens is 164 g/mol. The van der Waals surface area contributed by atoms with Crippen LogP contribution in [0.4, 0.5) is 0 Å². The molecule has 0 bridgehead atoms. The van der Waals surface area contributed by atoms with Crippen LogP contribution in [0.25, 0.3) is 0 Å². The second kappa shape index (κ2) is 6.35. The summed E-state index contributed by atoms with van der Waals surface area (Å²) in [6.45, 7) is 4.90. The van der Waals surface area contributed by atoms with Gasteiger partial charge in [-0.2, -0.15) is 0 Å². The van der Waals surface area contributed by atoms with Gasteiger partial charge in [0.05, 0.1) is 6.61 Å². The minimum Gasteiger partial charge on any atom is -0.380 e. The fraction of sp³-hybridized carbons (Fsp3) is 1.00. The normalized spacial score (nSPS) is 27.2. The van der Waals surface area contributed by atoms with Gasteiger partial charge in [-0.05, 0) is 19.3 Å². The van der Waals surface area contributed by atoms with Crippen molar-refractivity contribution in [2.75, 3.05) is 19.8 Å². The molecule has 1 fully saturated rings. The van der Waals surface area contributed by atoms with Gasteiger partial charge in [-0.15, -0.1) is 0 Å². The van der Waals surface area contributed by atoms with Gasteiger partial charge in [0, 0.05) is 25.2 Å². The van der Waals surface area contributed by atoms with E-state index in [1.165, 1.54) is 12.8 Å². The van der Waals surface area contributed by atoms with Crippen LogP contribution in [0.1, 0.15) is 32.6 Å². The Morgan fingerprint density at radius 3 is 2.77 bits per heavy atom. The first-order valence-corrected chi connectivity index (χ1v) is 5.39. The third kappa shape index (κ3) is 4.60. The van der Waals surface area contributed by atoms with Crippen LogP contribution in [0, 0.1) is 0 Å². The van der Waals surface area contributed by atoms with E-state index in [4.69, 9.17) is 10.5 Å². The first-order valence-electron chi connectivity index (χ1n) is 5.39. The van der Waals surface area contributed by atoms with Gasteiger partial charge in [0.2, 0.25) is 0 Å². The topological polar surface area (TPSA) is 47.3 Å². The van der Waals surface area contributed by atoms with Crippen LogP contribution >= 0.6 is 0 Å². The Morgan fingerprint density at radius 2 is 2.15 bits per heavy atom. The molecule has 0 heterocycles. The number of hydrogen-bond donors (Lipinski definition) is 2. The Bertz CT molecular complexity index is 124. The Hall–Kier alpha value is -0.120. The van der Waals surface area contributed by atoms with Gasteiger partial charge in [0.25, 0.3) is 0 Å². The number of rotatable bonds is 7. The highest BCUT2D eigenvalue weighted by molar-refractivity contribution is 4.87. The van der Waals surface area contributed by atoms with E-state index >= 15 is 0 Å². The first-order chi connectivity index (χ1) is 6.33. The van der Waals surface area contributed by atoms with E-state index in [9.17, 15) is 0 Å². The van der Waals surface area contributed by atoms with E-state index in [1.807, 2.05) is 0 Å². The molecule has 3 N–H and O–H groups in total. The van der Waals surface area contributed by atoms with Crippen LogP contribution < -0.4 is 11.1 Å². The van der Waals surface area contributed by atoms with Crippen molar-refractivity contribution in [1.82, 2.24) is 5.32 Å². The van der Waals surface area contributed by atoms with Crippen LogP contribution in [0.15, 0.2) is 0 Å². The smallest absolute Gasteiger partial charge is 0.0591 e. The van der Waals surface area contributed by atoms with Crippen LogP contribution in [-0.2, 0) is 4.74 Å². The lowest BCUT2D eigenvalue weighted by molar-refractivity contribution is 0.126. The highest BCUT2D eigenvalue weighted by Gasteiger charge is 2.24. The van der Waals surface area contributed by atoms with Crippen LogP contribution in [-0.4, -0.2) is 31.8 Å². The molecule has 1 aliphatic rings. The summed E-state index contributed by atoms with van der Waals surface area (Å²) in [5.74, 6) is 0. The summed E-state index contributed by atoms with van der Waals surface area (Å²) in [4.78, 5) is 0. The molecule has 78 valence electrons. The number of nitrogens with two attached hydrogens (primary N) is 1. The molecule has 1 saturated carbocycles. The standard InChI is InChI=1S/C10H22N2O/c1-2-3-5-13-6-4-12-10-7-9(11)8-10/h9-10,12H,2-8,11H2,1H3. The van der Waals surface area contributed by atoms with Gasteiger partial charge in [0.15, 0.2) is 0 Å². The van der Waals surface area contributed by atoms with Gasteiger partial charge in [-0.25, -0.2) is 0 Å². The van der Waals surface area contributed by atoms with Crippen LogP contribution in [0.3, 0.4) is 0 Å². The molecule has 3 nitrogen and oxygen atoms in total. The molecule has 0 atom stereocenters. The second-order valence-electron chi connectivity index (χ2n) is 3.85. The summed E-state index contributed by atoms with van der Waals surface area (Å²) >= 11 is 0. The molecule has 1 aliphatic carbocycles. The Labute approximate surface area is 81.0 Å². The predicted molar refractivity (Wildman–Crippen MR) is 54.7 cm³/mol. The summed E-state index contributed by atoms with van der Waals surface area (Å²) in [6.07, 6.45) is 4.66. The molecule has 0 unspecified atom stereocenters. The number of unbranched alkanes of at least 4 members (excludes halogenated alkanes) is 1.